The first-order valence-electron chi connectivity index (χ1n) is 8.39. The van der Waals surface area contributed by atoms with Crippen molar-refractivity contribution < 1.29 is 9.53 Å². The van der Waals surface area contributed by atoms with E-state index in [0.29, 0.717) is 5.91 Å². The summed E-state index contributed by atoms with van der Waals surface area (Å²) >= 11 is 0. The maximum atomic E-state index is 12.5. The fourth-order valence-electron chi connectivity index (χ4n) is 3.50. The molecule has 1 saturated heterocycles. The number of piperidine rings is 1. The van der Waals surface area contributed by atoms with E-state index in [1.807, 2.05) is 17.0 Å². The molecule has 4 nitrogen and oxygen atoms in total. The van der Waals surface area contributed by atoms with Crippen LogP contribution in [0.4, 0.5) is 0 Å². The van der Waals surface area contributed by atoms with Crippen LogP contribution in [0.5, 0.6) is 5.75 Å². The lowest BCUT2D eigenvalue weighted by molar-refractivity contribution is -0.137. The van der Waals surface area contributed by atoms with Crippen molar-refractivity contribution in [2.45, 2.75) is 51.2 Å². The van der Waals surface area contributed by atoms with Crippen molar-refractivity contribution in [2.75, 3.05) is 13.1 Å². The highest BCUT2D eigenvalue weighted by Crippen LogP contribution is 2.28. The number of hydrogen-bond acceptors (Lipinski definition) is 3. The van der Waals surface area contributed by atoms with Crippen molar-refractivity contribution in [1.29, 1.82) is 0 Å². The third-order valence-electron chi connectivity index (χ3n) is 4.90. The molecule has 1 aromatic carbocycles. The van der Waals surface area contributed by atoms with Crippen molar-refractivity contribution >= 4 is 5.91 Å². The van der Waals surface area contributed by atoms with Crippen LogP contribution in [0.2, 0.25) is 0 Å². The maximum absolute atomic E-state index is 12.5. The Morgan fingerprint density at radius 2 is 1.82 bits per heavy atom. The lowest BCUT2D eigenvalue weighted by atomic mass is 10.0. The van der Waals surface area contributed by atoms with Gasteiger partial charge in [0.25, 0.3) is 0 Å². The van der Waals surface area contributed by atoms with Gasteiger partial charge in [-0.05, 0) is 38.3 Å². The molecule has 2 fully saturated rings. The molecule has 2 aliphatic rings. The molecule has 0 bridgehead atoms. The summed E-state index contributed by atoms with van der Waals surface area (Å²) in [6, 6.07) is 8.39. The number of aryl methyl sites for hydroxylation is 1. The largest absolute Gasteiger partial charge is 0.490 e. The van der Waals surface area contributed by atoms with Crippen LogP contribution in [0.15, 0.2) is 24.3 Å². The zero-order chi connectivity index (χ0) is 15.5. The third kappa shape index (κ3) is 3.61. The Morgan fingerprint density at radius 3 is 2.41 bits per heavy atom. The molecule has 22 heavy (non-hydrogen) atoms. The molecule has 2 atom stereocenters. The quantitative estimate of drug-likeness (QED) is 0.933. The smallest absolute Gasteiger partial charge is 0.225 e. The minimum absolute atomic E-state index is 0.157. The zero-order valence-electron chi connectivity index (χ0n) is 13.3. The molecule has 1 aliphatic carbocycles. The summed E-state index contributed by atoms with van der Waals surface area (Å²) in [7, 11) is 0. The van der Waals surface area contributed by atoms with Crippen LogP contribution in [0.3, 0.4) is 0 Å². The summed E-state index contributed by atoms with van der Waals surface area (Å²) in [6.07, 6.45) is 4.86. The molecule has 0 radical (unpaired) electrons. The lowest BCUT2D eigenvalue weighted by Gasteiger charge is -2.33. The molecule has 1 heterocycles. The van der Waals surface area contributed by atoms with E-state index in [4.69, 9.17) is 10.5 Å². The van der Waals surface area contributed by atoms with E-state index >= 15 is 0 Å². The van der Waals surface area contributed by atoms with Gasteiger partial charge in [-0.25, -0.2) is 0 Å². The molecule has 1 aromatic rings. The van der Waals surface area contributed by atoms with Gasteiger partial charge in [-0.1, -0.05) is 17.7 Å². The molecule has 120 valence electrons. The highest BCUT2D eigenvalue weighted by Gasteiger charge is 2.33. The third-order valence-corrected chi connectivity index (χ3v) is 4.90. The minimum atomic E-state index is 0.157. The highest BCUT2D eigenvalue weighted by molar-refractivity contribution is 5.79. The second-order valence-electron chi connectivity index (χ2n) is 6.73. The summed E-state index contributed by atoms with van der Waals surface area (Å²) in [5.41, 5.74) is 7.16. The first-order chi connectivity index (χ1) is 10.6. The Hall–Kier alpha value is -1.55. The van der Waals surface area contributed by atoms with Gasteiger partial charge in [0.05, 0.1) is 0 Å². The normalized spacial score (nSPS) is 26.2. The Labute approximate surface area is 132 Å². The van der Waals surface area contributed by atoms with Gasteiger partial charge in [-0.15, -0.1) is 0 Å². The summed E-state index contributed by atoms with van der Waals surface area (Å²) in [4.78, 5) is 14.5. The summed E-state index contributed by atoms with van der Waals surface area (Å²) < 4.78 is 6.02. The van der Waals surface area contributed by atoms with Gasteiger partial charge >= 0.3 is 0 Å². The molecule has 1 amide bonds. The second-order valence-corrected chi connectivity index (χ2v) is 6.73. The Bertz CT molecular complexity index is 506. The topological polar surface area (TPSA) is 55.6 Å². The zero-order valence-corrected chi connectivity index (χ0v) is 13.3. The molecule has 1 aliphatic heterocycles. The Kier molecular flexibility index (Phi) is 4.67. The number of nitrogens with two attached hydrogens (primary N) is 1. The monoisotopic (exact) mass is 302 g/mol. The number of ether oxygens (including phenoxy) is 1. The fraction of sp³-hybridized carbons (Fsp3) is 0.611. The van der Waals surface area contributed by atoms with E-state index in [1.165, 1.54) is 5.56 Å². The molecule has 2 N–H and O–H groups in total. The minimum Gasteiger partial charge on any atom is -0.490 e. The Morgan fingerprint density at radius 1 is 1.14 bits per heavy atom. The van der Waals surface area contributed by atoms with Gasteiger partial charge in [-0.2, -0.15) is 0 Å². The molecule has 3 rings (SSSR count). The summed E-state index contributed by atoms with van der Waals surface area (Å²) in [5.74, 6) is 1.39. The summed E-state index contributed by atoms with van der Waals surface area (Å²) in [5, 5.41) is 0. The molecule has 0 aromatic heterocycles. The van der Waals surface area contributed by atoms with Gasteiger partial charge in [0.2, 0.25) is 5.91 Å². The van der Waals surface area contributed by atoms with Crippen molar-refractivity contribution in [3.05, 3.63) is 29.8 Å². The number of likely N-dealkylation sites (tertiary alicyclic amines) is 1. The number of carbonyl (C=O) groups is 1. The van der Waals surface area contributed by atoms with Gasteiger partial charge in [0.1, 0.15) is 11.9 Å². The van der Waals surface area contributed by atoms with Crippen LogP contribution in [0.1, 0.15) is 37.7 Å². The molecular weight excluding hydrogens is 276 g/mol. The van der Waals surface area contributed by atoms with Crippen molar-refractivity contribution in [2.24, 2.45) is 11.7 Å². The van der Waals surface area contributed by atoms with E-state index < -0.39 is 0 Å². The average Bonchev–Trinajstić information content (AvgIpc) is 2.96. The first kappa shape index (κ1) is 15.3. The number of amides is 1. The first-order valence-corrected chi connectivity index (χ1v) is 8.39. The standard InChI is InChI=1S/C18H26N2O2/c1-13-2-6-16(7-3-13)22-17-8-10-20(11-9-17)18(21)14-4-5-15(19)12-14/h2-3,6-7,14-15,17H,4-5,8-12,19H2,1H3/t14-,15+/m0/s1. The molecule has 0 unspecified atom stereocenters. The van der Waals surface area contributed by atoms with E-state index in [1.54, 1.807) is 0 Å². The summed E-state index contributed by atoms with van der Waals surface area (Å²) in [6.45, 7) is 3.69. The van der Waals surface area contributed by atoms with E-state index in [0.717, 1.165) is 50.9 Å². The van der Waals surface area contributed by atoms with Crippen LogP contribution >= 0.6 is 0 Å². The number of rotatable bonds is 3. The van der Waals surface area contributed by atoms with E-state index in [9.17, 15) is 4.79 Å². The second kappa shape index (κ2) is 6.69. The van der Waals surface area contributed by atoms with E-state index in [2.05, 4.69) is 19.1 Å². The predicted molar refractivity (Wildman–Crippen MR) is 86.7 cm³/mol. The van der Waals surface area contributed by atoms with Crippen molar-refractivity contribution in [3.8, 4) is 5.75 Å². The van der Waals surface area contributed by atoms with Crippen LogP contribution in [0.25, 0.3) is 0 Å². The van der Waals surface area contributed by atoms with Crippen LogP contribution < -0.4 is 10.5 Å². The number of carbonyl (C=O) groups excluding carboxylic acids is 1. The predicted octanol–water partition coefficient (Wildman–Crippen LogP) is 2.49. The molecule has 0 spiro atoms. The van der Waals surface area contributed by atoms with Crippen molar-refractivity contribution in [3.63, 3.8) is 0 Å². The number of hydrogen-bond donors (Lipinski definition) is 1. The average molecular weight is 302 g/mol. The molecular formula is C18H26N2O2. The van der Waals surface area contributed by atoms with Crippen LogP contribution in [-0.2, 0) is 4.79 Å². The number of benzene rings is 1. The molecule has 4 heteroatoms. The SMILES string of the molecule is Cc1ccc(OC2CCN(C(=O)[C@H]3CC[C@@H](N)C3)CC2)cc1. The molecule has 1 saturated carbocycles. The number of nitrogens with zero attached hydrogens (tertiary/aromatic N) is 1. The van der Waals surface area contributed by atoms with Gasteiger partial charge < -0.3 is 15.4 Å². The van der Waals surface area contributed by atoms with Gasteiger partial charge in [-0.3, -0.25) is 4.79 Å². The highest BCUT2D eigenvalue weighted by atomic mass is 16.5. The van der Waals surface area contributed by atoms with Gasteiger partial charge in [0.15, 0.2) is 0 Å². The van der Waals surface area contributed by atoms with Crippen LogP contribution in [0, 0.1) is 12.8 Å². The maximum Gasteiger partial charge on any atom is 0.225 e. The fourth-order valence-corrected chi connectivity index (χ4v) is 3.50. The van der Waals surface area contributed by atoms with Crippen molar-refractivity contribution in [1.82, 2.24) is 4.90 Å². The van der Waals surface area contributed by atoms with Gasteiger partial charge in [0, 0.05) is 37.9 Å². The van der Waals surface area contributed by atoms with E-state index in [-0.39, 0.29) is 18.1 Å². The Balaban J connectivity index is 1.48. The van der Waals surface area contributed by atoms with Crippen LogP contribution in [-0.4, -0.2) is 36.0 Å². The lowest BCUT2D eigenvalue weighted by Crippen LogP contribution is -2.44.